The van der Waals surface area contributed by atoms with Gasteiger partial charge in [-0.05, 0) is 25.0 Å². The number of aryl methyl sites for hydroxylation is 1. The highest BCUT2D eigenvalue weighted by molar-refractivity contribution is 5.48. The first-order chi connectivity index (χ1) is 9.83. The second-order valence-corrected chi connectivity index (χ2v) is 4.77. The zero-order valence-electron chi connectivity index (χ0n) is 12.3. The number of hydrogen-bond donors (Lipinski definition) is 1. The van der Waals surface area contributed by atoms with Crippen LogP contribution >= 0.6 is 0 Å². The third kappa shape index (κ3) is 4.02. The number of nitrogens with one attached hydrogen (secondary N) is 1. The summed E-state index contributed by atoms with van der Waals surface area (Å²) in [7, 11) is 0. The molecule has 2 rings (SSSR count). The van der Waals surface area contributed by atoms with Crippen molar-refractivity contribution in [2.45, 2.75) is 39.8 Å². The summed E-state index contributed by atoms with van der Waals surface area (Å²) in [6.07, 6.45) is 6.02. The Kier molecular flexibility index (Phi) is 5.47. The van der Waals surface area contributed by atoms with Crippen molar-refractivity contribution in [1.82, 2.24) is 9.55 Å². The van der Waals surface area contributed by atoms with Gasteiger partial charge in [0.05, 0.1) is 13.2 Å². The Bertz CT molecular complexity index is 522. The number of hydrogen-bond acceptors (Lipinski definition) is 3. The minimum atomic E-state index is 0.726. The average Bonchev–Trinajstić information content (AvgIpc) is 2.91. The quantitative estimate of drug-likeness (QED) is 0.797. The lowest BCUT2D eigenvalue weighted by molar-refractivity contribution is 0.317. The van der Waals surface area contributed by atoms with Crippen molar-refractivity contribution in [3.63, 3.8) is 0 Å². The van der Waals surface area contributed by atoms with E-state index >= 15 is 0 Å². The zero-order chi connectivity index (χ0) is 14.2. The summed E-state index contributed by atoms with van der Waals surface area (Å²) >= 11 is 0. The number of anilines is 1. The van der Waals surface area contributed by atoms with Gasteiger partial charge in [0.1, 0.15) is 11.6 Å². The maximum absolute atomic E-state index is 5.63. The van der Waals surface area contributed by atoms with Crippen LogP contribution in [0.5, 0.6) is 5.75 Å². The fourth-order valence-electron chi connectivity index (χ4n) is 2.05. The topological polar surface area (TPSA) is 39.1 Å². The van der Waals surface area contributed by atoms with E-state index in [1.54, 1.807) is 0 Å². The van der Waals surface area contributed by atoms with Crippen LogP contribution in [0.4, 0.5) is 5.69 Å². The molecule has 0 aliphatic rings. The van der Waals surface area contributed by atoms with Gasteiger partial charge in [-0.2, -0.15) is 0 Å². The van der Waals surface area contributed by atoms with Crippen molar-refractivity contribution in [2.75, 3.05) is 11.9 Å². The van der Waals surface area contributed by atoms with E-state index in [0.717, 1.165) is 49.8 Å². The first-order valence-electron chi connectivity index (χ1n) is 7.30. The Morgan fingerprint density at radius 2 is 2.15 bits per heavy atom. The Morgan fingerprint density at radius 1 is 1.25 bits per heavy atom. The second-order valence-electron chi connectivity index (χ2n) is 4.77. The summed E-state index contributed by atoms with van der Waals surface area (Å²) in [5.41, 5.74) is 1.06. The highest BCUT2D eigenvalue weighted by atomic mass is 16.5. The van der Waals surface area contributed by atoms with Gasteiger partial charge in [0.2, 0.25) is 0 Å². The maximum Gasteiger partial charge on any atom is 0.128 e. The van der Waals surface area contributed by atoms with E-state index in [1.165, 1.54) is 0 Å². The van der Waals surface area contributed by atoms with Gasteiger partial charge in [-0.25, -0.2) is 4.98 Å². The molecule has 0 saturated heterocycles. The summed E-state index contributed by atoms with van der Waals surface area (Å²) < 4.78 is 7.82. The van der Waals surface area contributed by atoms with E-state index in [0.29, 0.717) is 0 Å². The van der Waals surface area contributed by atoms with Crippen molar-refractivity contribution in [1.29, 1.82) is 0 Å². The lowest BCUT2D eigenvalue weighted by Gasteiger charge is -2.10. The molecule has 0 amide bonds. The van der Waals surface area contributed by atoms with E-state index in [4.69, 9.17) is 4.74 Å². The molecule has 0 fully saturated rings. The van der Waals surface area contributed by atoms with Crippen molar-refractivity contribution in [3.8, 4) is 5.75 Å². The number of imidazole rings is 1. The summed E-state index contributed by atoms with van der Waals surface area (Å²) in [6.45, 7) is 6.77. The molecule has 0 aliphatic heterocycles. The molecule has 0 radical (unpaired) electrons. The molecule has 1 N–H and O–H groups in total. The summed E-state index contributed by atoms with van der Waals surface area (Å²) in [5.74, 6) is 1.97. The van der Waals surface area contributed by atoms with Gasteiger partial charge in [0.25, 0.3) is 0 Å². The Hall–Kier alpha value is -1.97. The molecule has 20 heavy (non-hydrogen) atoms. The van der Waals surface area contributed by atoms with Crippen LogP contribution < -0.4 is 10.1 Å². The molecule has 0 atom stereocenters. The molecular formula is C16H23N3O. The molecule has 0 aliphatic carbocycles. The van der Waals surface area contributed by atoms with Crippen LogP contribution in [-0.2, 0) is 13.1 Å². The lowest BCUT2D eigenvalue weighted by Crippen LogP contribution is -2.08. The van der Waals surface area contributed by atoms with Gasteiger partial charge in [-0.1, -0.05) is 19.9 Å². The Morgan fingerprint density at radius 3 is 2.95 bits per heavy atom. The molecular weight excluding hydrogens is 250 g/mol. The lowest BCUT2D eigenvalue weighted by atomic mass is 10.3. The van der Waals surface area contributed by atoms with Gasteiger partial charge in [-0.15, -0.1) is 0 Å². The molecule has 0 saturated carbocycles. The normalized spacial score (nSPS) is 10.5. The van der Waals surface area contributed by atoms with Crippen molar-refractivity contribution in [3.05, 3.63) is 42.5 Å². The van der Waals surface area contributed by atoms with Crippen LogP contribution in [0.3, 0.4) is 0 Å². The largest absolute Gasteiger partial charge is 0.494 e. The molecule has 0 bridgehead atoms. The molecule has 1 heterocycles. The van der Waals surface area contributed by atoms with Crippen LogP contribution in [0.15, 0.2) is 36.7 Å². The maximum atomic E-state index is 5.63. The fourth-order valence-corrected chi connectivity index (χ4v) is 2.05. The first kappa shape index (κ1) is 14.4. The monoisotopic (exact) mass is 273 g/mol. The summed E-state index contributed by atoms with van der Waals surface area (Å²) in [5, 5.41) is 3.40. The van der Waals surface area contributed by atoms with E-state index in [-0.39, 0.29) is 0 Å². The predicted molar refractivity (Wildman–Crippen MR) is 82.1 cm³/mol. The van der Waals surface area contributed by atoms with E-state index in [1.807, 2.05) is 36.7 Å². The van der Waals surface area contributed by atoms with Gasteiger partial charge < -0.3 is 14.6 Å². The third-order valence-corrected chi connectivity index (χ3v) is 3.02. The molecule has 1 aromatic heterocycles. The predicted octanol–water partition coefficient (Wildman–Crippen LogP) is 3.69. The van der Waals surface area contributed by atoms with Gasteiger partial charge >= 0.3 is 0 Å². The zero-order valence-corrected chi connectivity index (χ0v) is 12.3. The summed E-state index contributed by atoms with van der Waals surface area (Å²) in [4.78, 5) is 4.39. The van der Waals surface area contributed by atoms with Crippen LogP contribution in [0.2, 0.25) is 0 Å². The molecule has 2 aromatic rings. The molecule has 108 valence electrons. The van der Waals surface area contributed by atoms with E-state index < -0.39 is 0 Å². The van der Waals surface area contributed by atoms with Crippen LogP contribution in [0.1, 0.15) is 32.5 Å². The van der Waals surface area contributed by atoms with Crippen molar-refractivity contribution >= 4 is 5.69 Å². The molecule has 0 unspecified atom stereocenters. The van der Waals surface area contributed by atoms with Crippen LogP contribution in [0, 0.1) is 0 Å². The minimum Gasteiger partial charge on any atom is -0.494 e. The number of rotatable bonds is 8. The van der Waals surface area contributed by atoms with Crippen molar-refractivity contribution < 1.29 is 4.74 Å². The number of ether oxygens (including phenoxy) is 1. The van der Waals surface area contributed by atoms with E-state index in [9.17, 15) is 0 Å². The standard InChI is InChI=1S/C16H23N3O/c1-3-9-19-10-8-17-16(19)13-18-14-6-5-7-15(12-14)20-11-4-2/h5-8,10,12,18H,3-4,9,11,13H2,1-2H3. The number of benzene rings is 1. The average molecular weight is 273 g/mol. The number of aromatic nitrogens is 2. The third-order valence-electron chi connectivity index (χ3n) is 3.02. The number of nitrogens with zero attached hydrogens (tertiary/aromatic N) is 2. The van der Waals surface area contributed by atoms with Gasteiger partial charge in [0.15, 0.2) is 0 Å². The van der Waals surface area contributed by atoms with Crippen LogP contribution in [-0.4, -0.2) is 16.2 Å². The first-order valence-corrected chi connectivity index (χ1v) is 7.30. The van der Waals surface area contributed by atoms with E-state index in [2.05, 4.69) is 28.7 Å². The molecule has 0 spiro atoms. The Labute approximate surface area is 120 Å². The summed E-state index contributed by atoms with van der Waals surface area (Å²) in [6, 6.07) is 8.07. The SMILES string of the molecule is CCCOc1cccc(NCc2nccn2CCC)c1. The van der Waals surface area contributed by atoms with Crippen molar-refractivity contribution in [2.24, 2.45) is 0 Å². The minimum absolute atomic E-state index is 0.726. The fraction of sp³-hybridized carbons (Fsp3) is 0.438. The molecule has 1 aromatic carbocycles. The van der Waals surface area contributed by atoms with Crippen LogP contribution in [0.25, 0.3) is 0 Å². The smallest absolute Gasteiger partial charge is 0.128 e. The van der Waals surface area contributed by atoms with Gasteiger partial charge in [0, 0.05) is 30.7 Å². The van der Waals surface area contributed by atoms with Gasteiger partial charge in [-0.3, -0.25) is 0 Å². The highest BCUT2D eigenvalue weighted by Gasteiger charge is 2.02. The Balaban J connectivity index is 1.94. The second kappa shape index (κ2) is 7.58. The molecule has 4 nitrogen and oxygen atoms in total. The molecule has 4 heteroatoms. The highest BCUT2D eigenvalue weighted by Crippen LogP contribution is 2.18.